The molecule has 1 aliphatic rings. The van der Waals surface area contributed by atoms with Crippen LogP contribution in [0.2, 0.25) is 4.34 Å². The maximum Gasteiger partial charge on any atom is 0.294 e. The molecule has 3 rings (SSSR count). The molecular formula is C11H12ClN3O3S3. The molecule has 1 saturated heterocycles. The lowest BCUT2D eigenvalue weighted by Crippen LogP contribution is -2.41. The zero-order chi connectivity index (χ0) is 14.9. The summed E-state index contributed by atoms with van der Waals surface area (Å²) in [5.74, 6) is 0. The van der Waals surface area contributed by atoms with E-state index < -0.39 is 10.0 Å². The van der Waals surface area contributed by atoms with Gasteiger partial charge in [-0.25, -0.2) is 8.42 Å². The van der Waals surface area contributed by atoms with Crippen molar-refractivity contribution >= 4 is 44.3 Å². The summed E-state index contributed by atoms with van der Waals surface area (Å²) in [6.07, 6.45) is 1.26. The van der Waals surface area contributed by atoms with Crippen LogP contribution in [-0.2, 0) is 10.0 Å². The maximum atomic E-state index is 12.4. The van der Waals surface area contributed by atoms with Crippen LogP contribution >= 0.6 is 34.3 Å². The molecule has 0 amide bonds. The molecule has 1 aliphatic heterocycles. The van der Waals surface area contributed by atoms with Crippen molar-refractivity contribution < 1.29 is 13.2 Å². The molecule has 0 aromatic carbocycles. The lowest BCUT2D eigenvalue weighted by atomic mass is 10.1. The van der Waals surface area contributed by atoms with Gasteiger partial charge in [0.25, 0.3) is 15.2 Å². The lowest BCUT2D eigenvalue weighted by Gasteiger charge is -2.30. The molecule has 114 valence electrons. The minimum atomic E-state index is -3.44. The second-order valence-corrected chi connectivity index (χ2v) is 9.16. The zero-order valence-electron chi connectivity index (χ0n) is 10.8. The Bertz CT molecular complexity index is 693. The summed E-state index contributed by atoms with van der Waals surface area (Å²) in [5.41, 5.74) is 1.61. The number of ether oxygens (including phenoxy) is 1. The first kappa shape index (κ1) is 15.2. The quantitative estimate of drug-likeness (QED) is 0.832. The highest BCUT2D eigenvalue weighted by atomic mass is 35.5. The van der Waals surface area contributed by atoms with Crippen LogP contribution in [0.1, 0.15) is 12.8 Å². The predicted molar refractivity (Wildman–Crippen MR) is 81.6 cm³/mol. The van der Waals surface area contributed by atoms with Gasteiger partial charge in [0.2, 0.25) is 0 Å². The monoisotopic (exact) mass is 365 g/mol. The number of rotatable bonds is 4. The van der Waals surface area contributed by atoms with Crippen LogP contribution in [0, 0.1) is 0 Å². The fraction of sp³-hybridized carbons (Fsp3) is 0.455. The summed E-state index contributed by atoms with van der Waals surface area (Å²) in [6.45, 7) is 0.864. The maximum absolute atomic E-state index is 12.4. The molecular weight excluding hydrogens is 354 g/mol. The van der Waals surface area contributed by atoms with E-state index in [0.29, 0.717) is 35.5 Å². The van der Waals surface area contributed by atoms with Gasteiger partial charge >= 0.3 is 0 Å². The molecule has 0 N–H and O–H groups in total. The number of hydrogen-bond acceptors (Lipinski definition) is 7. The van der Waals surface area contributed by atoms with Gasteiger partial charge in [0.05, 0.1) is 4.34 Å². The van der Waals surface area contributed by atoms with Gasteiger partial charge in [0, 0.05) is 13.1 Å². The molecule has 0 radical (unpaired) electrons. The van der Waals surface area contributed by atoms with Crippen molar-refractivity contribution in [3.63, 3.8) is 0 Å². The van der Waals surface area contributed by atoms with Crippen molar-refractivity contribution in [2.75, 3.05) is 13.1 Å². The van der Waals surface area contributed by atoms with Gasteiger partial charge in [-0.3, -0.25) is 0 Å². The molecule has 0 unspecified atom stereocenters. The van der Waals surface area contributed by atoms with Crippen molar-refractivity contribution in [1.82, 2.24) is 14.5 Å². The Hall–Kier alpha value is -0.740. The van der Waals surface area contributed by atoms with Crippen molar-refractivity contribution in [1.29, 1.82) is 0 Å². The summed E-state index contributed by atoms with van der Waals surface area (Å²) in [4.78, 5) is 0. The molecule has 10 heteroatoms. The molecule has 0 aliphatic carbocycles. The third kappa shape index (κ3) is 3.37. The molecule has 2 aromatic rings. The third-order valence-corrected chi connectivity index (χ3v) is 7.33. The van der Waals surface area contributed by atoms with Gasteiger partial charge in [-0.2, -0.15) is 4.31 Å². The summed E-state index contributed by atoms with van der Waals surface area (Å²) < 4.78 is 32.8. The fourth-order valence-electron chi connectivity index (χ4n) is 2.11. The minimum absolute atomic E-state index is 0.0173. The van der Waals surface area contributed by atoms with Gasteiger partial charge in [0.1, 0.15) is 15.8 Å². The lowest BCUT2D eigenvalue weighted by molar-refractivity contribution is 0.134. The average Bonchev–Trinajstić information content (AvgIpc) is 3.11. The number of piperidine rings is 1. The first-order chi connectivity index (χ1) is 10.1. The van der Waals surface area contributed by atoms with Crippen molar-refractivity contribution in [3.8, 4) is 5.19 Å². The molecule has 0 saturated carbocycles. The van der Waals surface area contributed by atoms with Crippen molar-refractivity contribution in [2.24, 2.45) is 0 Å². The van der Waals surface area contributed by atoms with Crippen LogP contribution in [0.5, 0.6) is 5.19 Å². The molecule has 21 heavy (non-hydrogen) atoms. The largest absolute Gasteiger partial charge is 0.466 e. The molecule has 1 fully saturated rings. The SMILES string of the molecule is O=S(=O)(c1ccc(Cl)s1)N1CCC(Oc2nncs2)CC1. The number of hydrogen-bond donors (Lipinski definition) is 0. The molecule has 0 bridgehead atoms. The molecule has 2 aromatic heterocycles. The Morgan fingerprint density at radius 2 is 2.10 bits per heavy atom. The summed E-state index contributed by atoms with van der Waals surface area (Å²) in [5, 5.41) is 8.07. The number of sulfonamides is 1. The molecule has 6 nitrogen and oxygen atoms in total. The van der Waals surface area contributed by atoms with Gasteiger partial charge < -0.3 is 4.74 Å². The topological polar surface area (TPSA) is 72.4 Å². The van der Waals surface area contributed by atoms with E-state index in [-0.39, 0.29) is 10.3 Å². The van der Waals surface area contributed by atoms with E-state index >= 15 is 0 Å². The number of nitrogens with zero attached hydrogens (tertiary/aromatic N) is 3. The third-order valence-electron chi connectivity index (χ3n) is 3.15. The van der Waals surface area contributed by atoms with Crippen LogP contribution in [0.3, 0.4) is 0 Å². The van der Waals surface area contributed by atoms with Crippen LogP contribution in [0.15, 0.2) is 21.9 Å². The van der Waals surface area contributed by atoms with Crippen LogP contribution < -0.4 is 4.74 Å². The fourth-order valence-corrected chi connectivity index (χ4v) is 5.69. The molecule has 0 spiro atoms. The Morgan fingerprint density at radius 3 is 2.67 bits per heavy atom. The first-order valence-corrected chi connectivity index (χ1v) is 9.75. The normalized spacial score (nSPS) is 18.0. The Morgan fingerprint density at radius 1 is 1.33 bits per heavy atom. The van der Waals surface area contributed by atoms with Gasteiger partial charge in [-0.1, -0.05) is 22.9 Å². The average molecular weight is 366 g/mol. The van der Waals surface area contributed by atoms with E-state index in [4.69, 9.17) is 16.3 Å². The summed E-state index contributed by atoms with van der Waals surface area (Å²) >= 11 is 8.23. The van der Waals surface area contributed by atoms with E-state index in [9.17, 15) is 8.42 Å². The summed E-state index contributed by atoms with van der Waals surface area (Å²) in [6, 6.07) is 3.15. The first-order valence-electron chi connectivity index (χ1n) is 6.24. The number of thiophene rings is 1. The minimum Gasteiger partial charge on any atom is -0.466 e. The van der Waals surface area contributed by atoms with Gasteiger partial charge in [-0.05, 0) is 25.0 Å². The van der Waals surface area contributed by atoms with E-state index in [1.54, 1.807) is 17.6 Å². The molecule has 0 atom stereocenters. The zero-order valence-corrected chi connectivity index (χ0v) is 14.0. The Labute approximate surface area is 135 Å². The number of aromatic nitrogens is 2. The summed E-state index contributed by atoms with van der Waals surface area (Å²) in [7, 11) is -3.44. The predicted octanol–water partition coefficient (Wildman–Crippen LogP) is 2.49. The number of halogens is 1. The highest BCUT2D eigenvalue weighted by Gasteiger charge is 2.31. The van der Waals surface area contributed by atoms with Crippen molar-refractivity contribution in [2.45, 2.75) is 23.2 Å². The van der Waals surface area contributed by atoms with Gasteiger partial charge in [0.15, 0.2) is 0 Å². The van der Waals surface area contributed by atoms with Gasteiger partial charge in [-0.15, -0.1) is 21.5 Å². The standard InChI is InChI=1S/C11H12ClN3O3S3/c12-9-1-2-10(20-9)21(16,17)15-5-3-8(4-6-15)18-11-14-13-7-19-11/h1-2,7-8H,3-6H2. The molecule has 3 heterocycles. The van der Waals surface area contributed by atoms with Crippen LogP contribution in [0.4, 0.5) is 0 Å². The van der Waals surface area contributed by atoms with E-state index in [1.165, 1.54) is 15.6 Å². The second kappa shape index (κ2) is 6.17. The van der Waals surface area contributed by atoms with Crippen LogP contribution in [-0.4, -0.2) is 42.1 Å². The van der Waals surface area contributed by atoms with E-state index in [0.717, 1.165) is 11.3 Å². The Balaban J connectivity index is 1.63. The van der Waals surface area contributed by atoms with Crippen LogP contribution in [0.25, 0.3) is 0 Å². The Kier molecular flexibility index (Phi) is 4.46. The highest BCUT2D eigenvalue weighted by molar-refractivity contribution is 7.91. The smallest absolute Gasteiger partial charge is 0.294 e. The highest BCUT2D eigenvalue weighted by Crippen LogP contribution is 2.30. The van der Waals surface area contributed by atoms with Crippen molar-refractivity contribution in [3.05, 3.63) is 22.0 Å². The van der Waals surface area contributed by atoms with E-state index in [1.807, 2.05) is 0 Å². The second-order valence-electron chi connectivity index (χ2n) is 4.48. The van der Waals surface area contributed by atoms with E-state index in [2.05, 4.69) is 10.2 Å².